The summed E-state index contributed by atoms with van der Waals surface area (Å²) in [6.45, 7) is 1.78. The molecule has 182 valence electrons. The van der Waals surface area contributed by atoms with E-state index in [1.165, 1.54) is 0 Å². The van der Waals surface area contributed by atoms with Gasteiger partial charge in [-0.05, 0) is 5.92 Å². The first-order valence-electron chi connectivity index (χ1n) is 10.1. The molecule has 0 bridgehead atoms. The number of carbonyl (C=O) groups excluding carboxylic acids is 1. The molecule has 0 spiro atoms. The molecule has 2 rings (SSSR count). The number of aliphatic hydroxyl groups excluding tert-OH is 7. The number of ketones is 1. The van der Waals surface area contributed by atoms with Crippen molar-refractivity contribution in [1.29, 1.82) is 0 Å². The molecule has 0 aromatic rings. The second kappa shape index (κ2) is 10.4. The van der Waals surface area contributed by atoms with Crippen molar-refractivity contribution in [3.63, 3.8) is 0 Å². The third kappa shape index (κ3) is 4.93. The van der Waals surface area contributed by atoms with Gasteiger partial charge in [-0.25, -0.2) is 0 Å². The summed E-state index contributed by atoms with van der Waals surface area (Å²) >= 11 is 0. The highest BCUT2D eigenvalue weighted by molar-refractivity contribution is 5.91. The smallest absolute Gasteiger partial charge is 0.258 e. The van der Waals surface area contributed by atoms with Crippen molar-refractivity contribution in [1.82, 2.24) is 0 Å². The Hall–Kier alpha value is -0.810. The number of carbonyl (C=O) groups is 1. The zero-order valence-corrected chi connectivity index (χ0v) is 17.3. The Morgan fingerprint density at radius 3 is 2.13 bits per heavy atom. The third-order valence-corrected chi connectivity index (χ3v) is 5.99. The minimum Gasteiger partial charge on any atom is -0.394 e. The zero-order valence-electron chi connectivity index (χ0n) is 17.3. The van der Waals surface area contributed by atoms with E-state index in [1.54, 1.807) is 13.8 Å². The molecule has 0 aromatic carbocycles. The minimum absolute atomic E-state index is 0.389. The molecule has 13 nitrogen and oxygen atoms in total. The first-order valence-corrected chi connectivity index (χ1v) is 10.1. The van der Waals surface area contributed by atoms with Crippen molar-refractivity contribution >= 4 is 5.78 Å². The molecule has 0 aromatic heterocycles. The number of hydrogen-bond donors (Lipinski definition) is 9. The lowest BCUT2D eigenvalue weighted by atomic mass is 9.84. The molecule has 31 heavy (non-hydrogen) atoms. The minimum atomic E-state index is -2.94. The Balaban J connectivity index is 2.23. The van der Waals surface area contributed by atoms with Crippen molar-refractivity contribution in [2.75, 3.05) is 13.2 Å². The zero-order chi connectivity index (χ0) is 23.7. The Labute approximate surface area is 178 Å². The van der Waals surface area contributed by atoms with Crippen molar-refractivity contribution in [2.24, 2.45) is 11.7 Å². The molecule has 13 heteroatoms. The maximum absolute atomic E-state index is 12.7. The molecule has 0 amide bonds. The lowest BCUT2D eigenvalue weighted by Crippen LogP contribution is -2.72. The van der Waals surface area contributed by atoms with Crippen LogP contribution in [0.4, 0.5) is 0 Å². The highest BCUT2D eigenvalue weighted by Gasteiger charge is 2.60. The summed E-state index contributed by atoms with van der Waals surface area (Å²) < 4.78 is 15.8. The van der Waals surface area contributed by atoms with E-state index >= 15 is 0 Å². The largest absolute Gasteiger partial charge is 0.394 e. The predicted molar refractivity (Wildman–Crippen MR) is 100.0 cm³/mol. The van der Waals surface area contributed by atoms with Gasteiger partial charge in [0, 0.05) is 0 Å². The summed E-state index contributed by atoms with van der Waals surface area (Å²) in [7, 11) is 0. The lowest BCUT2D eigenvalue weighted by molar-refractivity contribution is -0.372. The van der Waals surface area contributed by atoms with Crippen LogP contribution in [0.5, 0.6) is 0 Å². The summed E-state index contributed by atoms with van der Waals surface area (Å²) in [5.74, 6) is -4.43. The van der Waals surface area contributed by atoms with E-state index in [9.17, 15) is 45.6 Å². The van der Waals surface area contributed by atoms with Crippen LogP contribution in [0.25, 0.3) is 0 Å². The molecule has 2 heterocycles. The number of Topliss-reactive ketones (excluding diaryl/α,β-unsaturated/α-hetero) is 1. The first-order chi connectivity index (χ1) is 14.4. The lowest BCUT2D eigenvalue weighted by Gasteiger charge is -2.48. The van der Waals surface area contributed by atoms with E-state index in [0.717, 1.165) is 0 Å². The van der Waals surface area contributed by atoms with Gasteiger partial charge in [-0.15, -0.1) is 0 Å². The number of aliphatic hydroxyl groups is 8. The van der Waals surface area contributed by atoms with Crippen LogP contribution in [0.1, 0.15) is 20.3 Å². The summed E-state index contributed by atoms with van der Waals surface area (Å²) in [5, 5.41) is 80.4. The van der Waals surface area contributed by atoms with Gasteiger partial charge in [0.15, 0.2) is 6.29 Å². The average molecular weight is 455 g/mol. The van der Waals surface area contributed by atoms with Crippen molar-refractivity contribution in [3.8, 4) is 0 Å². The fourth-order valence-corrected chi connectivity index (χ4v) is 3.60. The monoisotopic (exact) mass is 455 g/mol. The molecular weight excluding hydrogens is 422 g/mol. The number of rotatable bonds is 8. The average Bonchev–Trinajstić information content (AvgIpc) is 2.77. The van der Waals surface area contributed by atoms with Gasteiger partial charge >= 0.3 is 0 Å². The van der Waals surface area contributed by atoms with Crippen LogP contribution in [-0.2, 0) is 19.0 Å². The van der Waals surface area contributed by atoms with E-state index in [4.69, 9.17) is 19.9 Å². The maximum Gasteiger partial charge on any atom is 0.258 e. The second-order valence-electron chi connectivity index (χ2n) is 8.04. The molecule has 0 aliphatic carbocycles. The van der Waals surface area contributed by atoms with Crippen LogP contribution in [-0.4, -0.2) is 127 Å². The standard InChI is InChI=1S/C18H33NO12/c1-3-6(2)9(19)15(26)18(28)16(27)13(25)14(8(5-21)31-18)30-17-12(24)11(23)10(22)7(4-20)29-17/h6-14,16-17,20-25,27-28H,3-5,19H2,1-2H3/t6-,7+,8+,9-,10-,11-,12+,13-,14+,16+,17-,18?/m0/s1. The molecular formula is C18H33NO12. The highest BCUT2D eigenvalue weighted by atomic mass is 16.7. The molecule has 2 aliphatic heterocycles. The number of ether oxygens (including phenoxy) is 3. The highest BCUT2D eigenvalue weighted by Crippen LogP contribution is 2.34. The van der Waals surface area contributed by atoms with Gasteiger partial charge in [0.1, 0.15) is 48.8 Å². The van der Waals surface area contributed by atoms with Gasteiger partial charge in [-0.1, -0.05) is 20.3 Å². The predicted octanol–water partition coefficient (Wildman–Crippen LogP) is -5.08. The molecule has 1 unspecified atom stereocenters. The molecule has 12 atom stereocenters. The van der Waals surface area contributed by atoms with Gasteiger partial charge in [0.2, 0.25) is 5.78 Å². The Bertz CT molecular complexity index is 606. The summed E-state index contributed by atoms with van der Waals surface area (Å²) in [6.07, 6.45) is -15.3. The van der Waals surface area contributed by atoms with E-state index in [-0.39, 0.29) is 5.92 Å². The Kier molecular flexibility index (Phi) is 8.89. The van der Waals surface area contributed by atoms with E-state index < -0.39 is 85.9 Å². The fourth-order valence-electron chi connectivity index (χ4n) is 3.60. The van der Waals surface area contributed by atoms with Crippen molar-refractivity contribution in [3.05, 3.63) is 0 Å². The van der Waals surface area contributed by atoms with Crippen LogP contribution in [0.15, 0.2) is 0 Å². The van der Waals surface area contributed by atoms with Crippen LogP contribution in [0.2, 0.25) is 0 Å². The van der Waals surface area contributed by atoms with Gasteiger partial charge in [-0.2, -0.15) is 0 Å². The molecule has 0 saturated carbocycles. The first kappa shape index (κ1) is 26.4. The van der Waals surface area contributed by atoms with Crippen LogP contribution in [0, 0.1) is 5.92 Å². The maximum atomic E-state index is 12.7. The summed E-state index contributed by atoms with van der Waals surface area (Å²) in [4.78, 5) is 12.7. The van der Waals surface area contributed by atoms with Crippen molar-refractivity contribution < 1.29 is 59.9 Å². The normalized spacial score (nSPS) is 45.8. The van der Waals surface area contributed by atoms with Crippen LogP contribution in [0.3, 0.4) is 0 Å². The summed E-state index contributed by atoms with van der Waals surface area (Å²) in [5.41, 5.74) is 5.84. The topological polar surface area (TPSA) is 233 Å². The fraction of sp³-hybridized carbons (Fsp3) is 0.944. The Morgan fingerprint density at radius 2 is 1.61 bits per heavy atom. The SMILES string of the molecule is CC[C@H](C)[C@H](N)C(=O)C1(O)O[C@H](CO)[C@@H](O[C@@H]2O[C@H](CO)[C@H](O)[C@H](O)[C@H]2O)[C@H](O)[C@H]1O. The molecule has 2 aliphatic rings. The van der Waals surface area contributed by atoms with Gasteiger partial charge < -0.3 is 60.8 Å². The molecule has 10 N–H and O–H groups in total. The van der Waals surface area contributed by atoms with Crippen LogP contribution >= 0.6 is 0 Å². The van der Waals surface area contributed by atoms with E-state index in [1.807, 2.05) is 0 Å². The number of hydrogen-bond acceptors (Lipinski definition) is 13. The van der Waals surface area contributed by atoms with Gasteiger partial charge in [0.25, 0.3) is 5.79 Å². The molecule has 0 radical (unpaired) electrons. The second-order valence-corrected chi connectivity index (χ2v) is 8.04. The van der Waals surface area contributed by atoms with Crippen molar-refractivity contribution in [2.45, 2.75) is 87.2 Å². The quantitative estimate of drug-likeness (QED) is 0.167. The number of nitrogens with two attached hydrogens (primary N) is 1. The van der Waals surface area contributed by atoms with E-state index in [2.05, 4.69) is 0 Å². The van der Waals surface area contributed by atoms with Crippen LogP contribution < -0.4 is 5.73 Å². The van der Waals surface area contributed by atoms with E-state index in [0.29, 0.717) is 6.42 Å². The molecule has 2 saturated heterocycles. The third-order valence-electron chi connectivity index (χ3n) is 5.99. The van der Waals surface area contributed by atoms with Gasteiger partial charge in [-0.3, -0.25) is 4.79 Å². The summed E-state index contributed by atoms with van der Waals surface area (Å²) in [6, 6.07) is -1.24. The van der Waals surface area contributed by atoms with Gasteiger partial charge in [0.05, 0.1) is 19.3 Å². The Morgan fingerprint density at radius 1 is 1.03 bits per heavy atom. The molecule has 2 fully saturated rings.